The van der Waals surface area contributed by atoms with Crippen molar-refractivity contribution < 1.29 is 5.11 Å². The van der Waals surface area contributed by atoms with Gasteiger partial charge in [-0.25, -0.2) is 0 Å². The summed E-state index contributed by atoms with van der Waals surface area (Å²) in [5, 5.41) is 15.1. The monoisotopic (exact) mass is 174 g/mol. The smallest absolute Gasteiger partial charge is 0.200 e. The second kappa shape index (κ2) is 2.19. The highest BCUT2D eigenvalue weighted by Gasteiger charge is 2.18. The fraction of sp³-hybridized carbons (Fsp3) is 0.200. The molecule has 13 heavy (non-hydrogen) atoms. The van der Waals surface area contributed by atoms with Crippen molar-refractivity contribution in [1.29, 1.82) is 0 Å². The third kappa shape index (κ3) is 0.736. The zero-order valence-electron chi connectivity index (χ0n) is 7.12. The van der Waals surface area contributed by atoms with Gasteiger partial charge in [0, 0.05) is 23.9 Å². The minimum Gasteiger partial charge on any atom is -0.494 e. The second-order valence-electron chi connectivity index (χ2n) is 3.30. The molecule has 2 N–H and O–H groups in total. The van der Waals surface area contributed by atoms with Crippen LogP contribution in [0.25, 0.3) is 10.8 Å². The highest BCUT2D eigenvalue weighted by Crippen LogP contribution is 2.36. The molecule has 1 aliphatic heterocycles. The Balaban J connectivity index is 2.49. The summed E-state index contributed by atoms with van der Waals surface area (Å²) in [6.45, 7) is 1.77. The predicted octanol–water partition coefficient (Wildman–Crippen LogP) is 1.77. The molecule has 1 aromatic carbocycles. The Bertz CT molecular complexity index is 473. The van der Waals surface area contributed by atoms with Crippen molar-refractivity contribution in [3.63, 3.8) is 0 Å². The highest BCUT2D eigenvalue weighted by molar-refractivity contribution is 5.98. The molecule has 0 spiro atoms. The summed E-state index contributed by atoms with van der Waals surface area (Å²) in [6.07, 6.45) is 0. The lowest BCUT2D eigenvalue weighted by Gasteiger charge is -1.95. The standard InChI is InChI=1S/C10H10N2O/c13-10-8-4-2-1-3-7(8)9-11-5-6-12(9)10/h1-4,11,13H,5-6H2. The zero-order chi connectivity index (χ0) is 8.84. The first-order valence-corrected chi connectivity index (χ1v) is 4.42. The molecular formula is C10H10N2O. The van der Waals surface area contributed by atoms with Gasteiger partial charge in [0.25, 0.3) is 0 Å². The molecule has 0 bridgehead atoms. The van der Waals surface area contributed by atoms with E-state index in [9.17, 15) is 5.11 Å². The molecule has 0 aliphatic carbocycles. The van der Waals surface area contributed by atoms with Gasteiger partial charge in [0.1, 0.15) is 5.82 Å². The van der Waals surface area contributed by atoms with Gasteiger partial charge in [-0.1, -0.05) is 18.2 Å². The van der Waals surface area contributed by atoms with Gasteiger partial charge in [-0.05, 0) is 6.07 Å². The van der Waals surface area contributed by atoms with Gasteiger partial charge < -0.3 is 10.4 Å². The molecule has 0 unspecified atom stereocenters. The van der Waals surface area contributed by atoms with E-state index in [1.54, 1.807) is 0 Å². The number of fused-ring (bicyclic) bond motifs is 3. The van der Waals surface area contributed by atoms with Gasteiger partial charge in [0.05, 0.1) is 0 Å². The maximum Gasteiger partial charge on any atom is 0.200 e. The molecule has 3 heteroatoms. The summed E-state index contributed by atoms with van der Waals surface area (Å²) in [6, 6.07) is 7.90. The van der Waals surface area contributed by atoms with Crippen LogP contribution in [0.15, 0.2) is 24.3 Å². The van der Waals surface area contributed by atoms with Crippen molar-refractivity contribution in [1.82, 2.24) is 4.57 Å². The van der Waals surface area contributed by atoms with Crippen LogP contribution in [0.5, 0.6) is 5.88 Å². The van der Waals surface area contributed by atoms with Gasteiger partial charge >= 0.3 is 0 Å². The summed E-state index contributed by atoms with van der Waals surface area (Å²) in [7, 11) is 0. The average molecular weight is 174 g/mol. The summed E-state index contributed by atoms with van der Waals surface area (Å²) in [5.41, 5.74) is 0. The van der Waals surface area contributed by atoms with E-state index in [4.69, 9.17) is 0 Å². The number of aromatic hydroxyl groups is 1. The van der Waals surface area contributed by atoms with E-state index in [1.807, 2.05) is 28.8 Å². The van der Waals surface area contributed by atoms with Crippen molar-refractivity contribution in [3.8, 4) is 5.88 Å². The molecule has 0 saturated carbocycles. The van der Waals surface area contributed by atoms with E-state index >= 15 is 0 Å². The number of benzene rings is 1. The maximum atomic E-state index is 9.83. The van der Waals surface area contributed by atoms with Crippen LogP contribution < -0.4 is 5.32 Å². The van der Waals surface area contributed by atoms with E-state index in [-0.39, 0.29) is 0 Å². The number of aromatic nitrogens is 1. The topological polar surface area (TPSA) is 37.2 Å². The van der Waals surface area contributed by atoms with Crippen molar-refractivity contribution in [2.45, 2.75) is 6.54 Å². The molecule has 66 valence electrons. The van der Waals surface area contributed by atoms with E-state index in [0.29, 0.717) is 5.88 Å². The zero-order valence-corrected chi connectivity index (χ0v) is 7.12. The van der Waals surface area contributed by atoms with Crippen molar-refractivity contribution in [2.24, 2.45) is 0 Å². The fourth-order valence-electron chi connectivity index (χ4n) is 1.98. The molecule has 0 fully saturated rings. The number of anilines is 1. The first-order valence-electron chi connectivity index (χ1n) is 4.42. The summed E-state index contributed by atoms with van der Waals surface area (Å²) in [4.78, 5) is 0. The number of nitrogens with zero attached hydrogens (tertiary/aromatic N) is 1. The van der Waals surface area contributed by atoms with Gasteiger partial charge in [-0.2, -0.15) is 0 Å². The van der Waals surface area contributed by atoms with Gasteiger partial charge in [0.15, 0.2) is 0 Å². The predicted molar refractivity (Wildman–Crippen MR) is 52.1 cm³/mol. The number of hydrogen-bond donors (Lipinski definition) is 2. The Labute approximate surface area is 75.6 Å². The van der Waals surface area contributed by atoms with E-state index in [0.717, 1.165) is 29.7 Å². The molecule has 1 aromatic heterocycles. The van der Waals surface area contributed by atoms with Crippen LogP contribution in [0.4, 0.5) is 5.82 Å². The van der Waals surface area contributed by atoms with Gasteiger partial charge in [-0.15, -0.1) is 0 Å². The average Bonchev–Trinajstić information content (AvgIpc) is 2.72. The van der Waals surface area contributed by atoms with E-state index in [2.05, 4.69) is 5.32 Å². The molecule has 2 aromatic rings. The Morgan fingerprint density at radius 1 is 1.23 bits per heavy atom. The third-order valence-corrected chi connectivity index (χ3v) is 2.58. The number of rotatable bonds is 0. The lowest BCUT2D eigenvalue weighted by molar-refractivity contribution is 0.432. The van der Waals surface area contributed by atoms with Crippen LogP contribution in [0.2, 0.25) is 0 Å². The van der Waals surface area contributed by atoms with E-state index in [1.165, 1.54) is 0 Å². The van der Waals surface area contributed by atoms with E-state index < -0.39 is 0 Å². The normalized spacial score (nSPS) is 14.5. The summed E-state index contributed by atoms with van der Waals surface area (Å²) >= 11 is 0. The maximum absolute atomic E-state index is 9.83. The minimum atomic E-state index is 0.385. The molecule has 0 radical (unpaired) electrons. The molecule has 0 atom stereocenters. The van der Waals surface area contributed by atoms with Crippen LogP contribution in [0.3, 0.4) is 0 Å². The molecule has 3 nitrogen and oxygen atoms in total. The van der Waals surface area contributed by atoms with Crippen LogP contribution in [-0.4, -0.2) is 16.2 Å². The first-order chi connectivity index (χ1) is 6.38. The molecule has 1 aliphatic rings. The van der Waals surface area contributed by atoms with Crippen molar-refractivity contribution in [3.05, 3.63) is 24.3 Å². The highest BCUT2D eigenvalue weighted by atomic mass is 16.3. The Hall–Kier alpha value is -1.64. The van der Waals surface area contributed by atoms with Crippen LogP contribution >= 0.6 is 0 Å². The van der Waals surface area contributed by atoms with Crippen LogP contribution in [-0.2, 0) is 6.54 Å². The largest absolute Gasteiger partial charge is 0.494 e. The van der Waals surface area contributed by atoms with Gasteiger partial charge in [-0.3, -0.25) is 4.57 Å². The molecule has 3 rings (SSSR count). The molecule has 2 heterocycles. The number of nitrogens with one attached hydrogen (secondary N) is 1. The molecular weight excluding hydrogens is 164 g/mol. The minimum absolute atomic E-state index is 0.385. The number of hydrogen-bond acceptors (Lipinski definition) is 2. The summed E-state index contributed by atoms with van der Waals surface area (Å²) < 4.78 is 1.92. The SMILES string of the molecule is Oc1c2ccccc2c2n1CCN2. The van der Waals surface area contributed by atoms with Gasteiger partial charge in [0.2, 0.25) is 5.88 Å². The third-order valence-electron chi connectivity index (χ3n) is 2.58. The Morgan fingerprint density at radius 3 is 2.85 bits per heavy atom. The van der Waals surface area contributed by atoms with Crippen molar-refractivity contribution >= 4 is 16.6 Å². The Kier molecular flexibility index (Phi) is 1.15. The fourth-order valence-corrected chi connectivity index (χ4v) is 1.98. The quantitative estimate of drug-likeness (QED) is 0.638. The molecule has 0 saturated heterocycles. The lowest BCUT2D eigenvalue weighted by atomic mass is 10.2. The molecule has 0 amide bonds. The summed E-state index contributed by atoms with van der Waals surface area (Å²) in [5.74, 6) is 1.43. The first kappa shape index (κ1) is 6.83. The van der Waals surface area contributed by atoms with Crippen LogP contribution in [0.1, 0.15) is 0 Å². The van der Waals surface area contributed by atoms with Crippen LogP contribution in [0, 0.1) is 0 Å². The Morgan fingerprint density at radius 2 is 2.00 bits per heavy atom. The lowest BCUT2D eigenvalue weighted by Crippen LogP contribution is -1.93. The second-order valence-corrected chi connectivity index (χ2v) is 3.30. The van der Waals surface area contributed by atoms with Crippen molar-refractivity contribution in [2.75, 3.05) is 11.9 Å².